The first-order chi connectivity index (χ1) is 14.8. The van der Waals surface area contributed by atoms with Gasteiger partial charge in [0.15, 0.2) is 0 Å². The van der Waals surface area contributed by atoms with E-state index in [2.05, 4.69) is 10.2 Å². The number of sulfonamides is 1. The predicted octanol–water partition coefficient (Wildman–Crippen LogP) is 2.58. The van der Waals surface area contributed by atoms with E-state index in [4.69, 9.17) is 4.74 Å². The van der Waals surface area contributed by atoms with E-state index < -0.39 is 10.0 Å². The standard InChI is InChI=1S/C23H29N3O4S/c1-30-20-8-5-17(6-9-20)21(16-25-12-3-4-13-25)24-23(27)19-7-10-22-18(15-19)11-14-26(22)31(2,28)29/h5-10,15,21H,3-4,11-14,16H2,1-2H3,(H,24,27)/t21-/m1/s1. The maximum Gasteiger partial charge on any atom is 0.251 e. The lowest BCUT2D eigenvalue weighted by atomic mass is 10.0. The molecule has 0 spiro atoms. The van der Waals surface area contributed by atoms with E-state index in [1.807, 2.05) is 30.3 Å². The fourth-order valence-electron chi connectivity index (χ4n) is 4.39. The van der Waals surface area contributed by atoms with E-state index in [-0.39, 0.29) is 11.9 Å². The number of carbonyl (C=O) groups excluding carboxylic acids is 1. The number of likely N-dealkylation sites (tertiary alicyclic amines) is 1. The third-order valence-corrected chi connectivity index (χ3v) is 7.24. The van der Waals surface area contributed by atoms with E-state index in [9.17, 15) is 13.2 Å². The number of nitrogens with one attached hydrogen (secondary N) is 1. The lowest BCUT2D eigenvalue weighted by Crippen LogP contribution is -2.37. The number of fused-ring (bicyclic) bond motifs is 1. The number of benzene rings is 2. The average molecular weight is 444 g/mol. The highest BCUT2D eigenvalue weighted by Crippen LogP contribution is 2.31. The van der Waals surface area contributed by atoms with Gasteiger partial charge in [0.1, 0.15) is 5.75 Å². The van der Waals surface area contributed by atoms with E-state index in [1.54, 1.807) is 19.2 Å². The Morgan fingerprint density at radius 3 is 2.45 bits per heavy atom. The number of methoxy groups -OCH3 is 1. The number of carbonyl (C=O) groups is 1. The molecule has 2 aromatic rings. The summed E-state index contributed by atoms with van der Waals surface area (Å²) in [6, 6.07) is 12.9. The number of nitrogens with zero attached hydrogens (tertiary/aromatic N) is 2. The number of rotatable bonds is 7. The molecule has 1 saturated heterocycles. The van der Waals surface area contributed by atoms with Gasteiger partial charge in [-0.15, -0.1) is 0 Å². The van der Waals surface area contributed by atoms with Crippen molar-refractivity contribution in [3.8, 4) is 5.75 Å². The van der Waals surface area contributed by atoms with Gasteiger partial charge in [0.25, 0.3) is 5.91 Å². The summed E-state index contributed by atoms with van der Waals surface area (Å²) in [5.41, 5.74) is 3.14. The molecule has 1 atom stereocenters. The zero-order valence-corrected chi connectivity index (χ0v) is 18.8. The van der Waals surface area contributed by atoms with Crippen LogP contribution in [0.15, 0.2) is 42.5 Å². The second-order valence-corrected chi connectivity index (χ2v) is 10.1. The number of ether oxygens (including phenoxy) is 1. The Kier molecular flexibility index (Phi) is 6.20. The maximum atomic E-state index is 13.1. The molecule has 2 heterocycles. The summed E-state index contributed by atoms with van der Waals surface area (Å²) < 4.78 is 30.6. The van der Waals surface area contributed by atoms with Gasteiger partial charge in [0.2, 0.25) is 10.0 Å². The van der Waals surface area contributed by atoms with Crippen LogP contribution in [0.25, 0.3) is 0 Å². The average Bonchev–Trinajstić information content (AvgIpc) is 3.42. The summed E-state index contributed by atoms with van der Waals surface area (Å²) in [5, 5.41) is 3.19. The van der Waals surface area contributed by atoms with Crippen molar-refractivity contribution in [2.45, 2.75) is 25.3 Å². The lowest BCUT2D eigenvalue weighted by Gasteiger charge is -2.25. The molecule has 0 radical (unpaired) electrons. The summed E-state index contributed by atoms with van der Waals surface area (Å²) in [5.74, 6) is 0.629. The third-order valence-electron chi connectivity index (χ3n) is 6.06. The second-order valence-electron chi connectivity index (χ2n) is 8.24. The summed E-state index contributed by atoms with van der Waals surface area (Å²) >= 11 is 0. The molecule has 2 aromatic carbocycles. The molecular formula is C23H29N3O4S. The van der Waals surface area contributed by atoms with Crippen LogP contribution in [0.1, 0.15) is 40.4 Å². The zero-order chi connectivity index (χ0) is 22.0. The van der Waals surface area contributed by atoms with E-state index >= 15 is 0 Å². The Morgan fingerprint density at radius 1 is 1.10 bits per heavy atom. The van der Waals surface area contributed by atoms with Crippen LogP contribution in [0.2, 0.25) is 0 Å². The molecule has 2 aliphatic rings. The Bertz CT molecular complexity index is 1050. The Morgan fingerprint density at radius 2 is 1.81 bits per heavy atom. The van der Waals surface area contributed by atoms with Crippen molar-refractivity contribution in [1.29, 1.82) is 0 Å². The van der Waals surface area contributed by atoms with Crippen LogP contribution in [0.4, 0.5) is 5.69 Å². The first-order valence-electron chi connectivity index (χ1n) is 10.6. The van der Waals surface area contributed by atoms with Gasteiger partial charge in [-0.1, -0.05) is 12.1 Å². The van der Waals surface area contributed by atoms with Crippen LogP contribution in [0.5, 0.6) is 5.75 Å². The Labute approximate surface area is 184 Å². The molecule has 166 valence electrons. The molecular weight excluding hydrogens is 414 g/mol. The highest BCUT2D eigenvalue weighted by molar-refractivity contribution is 7.92. The van der Waals surface area contributed by atoms with Gasteiger partial charge in [-0.25, -0.2) is 8.42 Å². The van der Waals surface area contributed by atoms with Gasteiger partial charge in [-0.2, -0.15) is 0 Å². The molecule has 2 aliphatic heterocycles. The fourth-order valence-corrected chi connectivity index (χ4v) is 5.35. The van der Waals surface area contributed by atoms with Crippen LogP contribution >= 0.6 is 0 Å². The smallest absolute Gasteiger partial charge is 0.251 e. The lowest BCUT2D eigenvalue weighted by molar-refractivity contribution is 0.0927. The van der Waals surface area contributed by atoms with Crippen molar-refractivity contribution >= 4 is 21.6 Å². The topological polar surface area (TPSA) is 79.0 Å². The van der Waals surface area contributed by atoms with E-state index in [0.717, 1.165) is 36.5 Å². The van der Waals surface area contributed by atoms with E-state index in [1.165, 1.54) is 23.4 Å². The van der Waals surface area contributed by atoms with Gasteiger partial charge in [-0.05, 0) is 73.8 Å². The Hall–Kier alpha value is -2.58. The summed E-state index contributed by atoms with van der Waals surface area (Å²) in [4.78, 5) is 15.5. The van der Waals surface area contributed by atoms with Gasteiger partial charge in [0, 0.05) is 18.7 Å². The van der Waals surface area contributed by atoms with Gasteiger partial charge >= 0.3 is 0 Å². The minimum Gasteiger partial charge on any atom is -0.497 e. The Balaban J connectivity index is 1.54. The minimum absolute atomic E-state index is 0.141. The third kappa shape index (κ3) is 4.85. The fraction of sp³-hybridized carbons (Fsp3) is 0.435. The number of amides is 1. The molecule has 8 heteroatoms. The van der Waals surface area contributed by atoms with Gasteiger partial charge in [0.05, 0.1) is 25.1 Å². The van der Waals surface area contributed by atoms with Gasteiger partial charge < -0.3 is 15.0 Å². The van der Waals surface area contributed by atoms with Crippen LogP contribution in [0.3, 0.4) is 0 Å². The quantitative estimate of drug-likeness (QED) is 0.712. The van der Waals surface area contributed by atoms with Crippen LogP contribution < -0.4 is 14.4 Å². The number of hydrogen-bond acceptors (Lipinski definition) is 5. The van der Waals surface area contributed by atoms with Crippen molar-refractivity contribution in [2.75, 3.05) is 43.8 Å². The molecule has 0 bridgehead atoms. The molecule has 0 saturated carbocycles. The largest absolute Gasteiger partial charge is 0.497 e. The molecule has 1 N–H and O–H groups in total. The van der Waals surface area contributed by atoms with Crippen molar-refractivity contribution in [2.24, 2.45) is 0 Å². The first kappa shape index (κ1) is 21.6. The molecule has 1 amide bonds. The first-order valence-corrected chi connectivity index (χ1v) is 12.5. The molecule has 0 unspecified atom stereocenters. The van der Waals surface area contributed by atoms with Crippen molar-refractivity contribution in [1.82, 2.24) is 10.2 Å². The normalized spacial score (nSPS) is 17.4. The monoisotopic (exact) mass is 443 g/mol. The van der Waals surface area contributed by atoms with Crippen LogP contribution in [-0.2, 0) is 16.4 Å². The number of hydrogen-bond donors (Lipinski definition) is 1. The highest BCUT2D eigenvalue weighted by atomic mass is 32.2. The molecule has 31 heavy (non-hydrogen) atoms. The predicted molar refractivity (Wildman–Crippen MR) is 121 cm³/mol. The summed E-state index contributed by atoms with van der Waals surface area (Å²) in [6.45, 7) is 3.26. The van der Waals surface area contributed by atoms with Crippen LogP contribution in [0, 0.1) is 0 Å². The van der Waals surface area contributed by atoms with E-state index in [0.29, 0.717) is 24.2 Å². The second kappa shape index (κ2) is 8.88. The molecule has 7 nitrogen and oxygen atoms in total. The highest BCUT2D eigenvalue weighted by Gasteiger charge is 2.27. The molecule has 1 fully saturated rings. The maximum absolute atomic E-state index is 13.1. The van der Waals surface area contributed by atoms with Crippen molar-refractivity contribution in [3.63, 3.8) is 0 Å². The number of anilines is 1. The molecule has 0 aliphatic carbocycles. The summed E-state index contributed by atoms with van der Waals surface area (Å²) in [6.07, 6.45) is 4.19. The van der Waals surface area contributed by atoms with Crippen molar-refractivity contribution in [3.05, 3.63) is 59.2 Å². The summed E-state index contributed by atoms with van der Waals surface area (Å²) in [7, 11) is -1.67. The SMILES string of the molecule is COc1ccc([C@@H](CN2CCCC2)NC(=O)c2ccc3c(c2)CCN3S(C)(=O)=O)cc1. The molecule has 0 aromatic heterocycles. The van der Waals surface area contributed by atoms with Crippen molar-refractivity contribution < 1.29 is 17.9 Å². The minimum atomic E-state index is -3.31. The zero-order valence-electron chi connectivity index (χ0n) is 18.0. The van der Waals surface area contributed by atoms with Crippen LogP contribution in [-0.4, -0.2) is 58.8 Å². The molecule has 4 rings (SSSR count). The van der Waals surface area contributed by atoms with Gasteiger partial charge in [-0.3, -0.25) is 9.10 Å².